The van der Waals surface area contributed by atoms with E-state index < -0.39 is 5.97 Å². The van der Waals surface area contributed by atoms with E-state index in [4.69, 9.17) is 5.11 Å². The Bertz CT molecular complexity index is 750. The van der Waals surface area contributed by atoms with Gasteiger partial charge in [-0.1, -0.05) is 24.3 Å². The second-order valence-electron chi connectivity index (χ2n) is 7.99. The number of nitrogens with one attached hydrogen (secondary N) is 2. The van der Waals surface area contributed by atoms with Crippen LogP contribution < -0.4 is 15.6 Å². The highest BCUT2D eigenvalue weighted by atomic mass is 16.4. The summed E-state index contributed by atoms with van der Waals surface area (Å²) in [6.07, 6.45) is 5.18. The Morgan fingerprint density at radius 3 is 2.40 bits per heavy atom. The van der Waals surface area contributed by atoms with Gasteiger partial charge >= 0.3 is 5.97 Å². The average molecular weight is 414 g/mol. The first-order valence-corrected chi connectivity index (χ1v) is 10.9. The molecule has 0 aliphatic carbocycles. The lowest BCUT2D eigenvalue weighted by atomic mass is 10.0. The molecule has 0 atom stereocenters. The molecule has 30 heavy (non-hydrogen) atoms. The maximum Gasteiger partial charge on any atom is 0.303 e. The minimum Gasteiger partial charge on any atom is -0.481 e. The van der Waals surface area contributed by atoms with Gasteiger partial charge in [0.15, 0.2) is 0 Å². The summed E-state index contributed by atoms with van der Waals surface area (Å²) in [4.78, 5) is 13.1. The number of rotatable bonds is 5. The smallest absolute Gasteiger partial charge is 0.303 e. The van der Waals surface area contributed by atoms with Crippen molar-refractivity contribution in [3.8, 4) is 0 Å². The third-order valence-electron chi connectivity index (χ3n) is 5.59. The van der Waals surface area contributed by atoms with E-state index in [-0.39, 0.29) is 6.42 Å². The van der Waals surface area contributed by atoms with Gasteiger partial charge in [-0.3, -0.25) is 9.80 Å². The fourth-order valence-electron chi connectivity index (χ4n) is 3.99. The summed E-state index contributed by atoms with van der Waals surface area (Å²) in [6, 6.07) is 6.56. The van der Waals surface area contributed by atoms with Crippen molar-refractivity contribution in [3.05, 3.63) is 47.7 Å². The first-order chi connectivity index (χ1) is 14.5. The van der Waals surface area contributed by atoms with Crippen molar-refractivity contribution in [2.75, 3.05) is 63.9 Å². The summed E-state index contributed by atoms with van der Waals surface area (Å²) in [5.74, 6) is -0.716. The molecule has 0 unspecified atom stereocenters. The molecular formula is C23H35N5O2. The second kappa shape index (κ2) is 11.3. The average Bonchev–Trinajstić information content (AvgIpc) is 2.70. The SMILES string of the molecule is C=C1C=Cc2cc(C)ccc2N1N1CCNCCN(CCCC(=O)O)CCNCC1. The van der Waals surface area contributed by atoms with E-state index in [2.05, 4.69) is 69.4 Å². The van der Waals surface area contributed by atoms with E-state index in [0.29, 0.717) is 6.42 Å². The Hall–Kier alpha value is -2.19. The van der Waals surface area contributed by atoms with E-state index in [9.17, 15) is 4.79 Å². The Balaban J connectivity index is 1.59. The van der Waals surface area contributed by atoms with Gasteiger partial charge in [0.1, 0.15) is 0 Å². The van der Waals surface area contributed by atoms with Crippen molar-refractivity contribution in [2.24, 2.45) is 0 Å². The highest BCUT2D eigenvalue weighted by Gasteiger charge is 2.22. The number of aryl methyl sites for hydroxylation is 1. The summed E-state index contributed by atoms with van der Waals surface area (Å²) in [5, 5.41) is 20.6. The normalized spacial score (nSPS) is 19.8. The number of carboxylic acid groups (broad SMARTS) is 1. The molecule has 3 N–H and O–H groups in total. The molecule has 1 saturated heterocycles. The number of hydrogen-bond acceptors (Lipinski definition) is 6. The predicted octanol–water partition coefficient (Wildman–Crippen LogP) is 1.92. The lowest BCUT2D eigenvalue weighted by Crippen LogP contribution is -2.50. The molecule has 1 fully saturated rings. The van der Waals surface area contributed by atoms with Crippen LogP contribution in [0.3, 0.4) is 0 Å². The second-order valence-corrected chi connectivity index (χ2v) is 7.99. The van der Waals surface area contributed by atoms with Crippen molar-refractivity contribution >= 4 is 17.7 Å². The molecular weight excluding hydrogens is 378 g/mol. The molecule has 0 spiro atoms. The summed E-state index contributed by atoms with van der Waals surface area (Å²) in [6.45, 7) is 14.5. The maximum absolute atomic E-state index is 10.8. The first kappa shape index (κ1) is 22.5. The zero-order chi connectivity index (χ0) is 21.3. The lowest BCUT2D eigenvalue weighted by Gasteiger charge is -2.40. The van der Waals surface area contributed by atoms with Gasteiger partial charge in [0.2, 0.25) is 0 Å². The van der Waals surface area contributed by atoms with Gasteiger partial charge in [-0.15, -0.1) is 0 Å². The fourth-order valence-corrected chi connectivity index (χ4v) is 3.99. The molecule has 1 aromatic carbocycles. The van der Waals surface area contributed by atoms with Gasteiger partial charge in [0.05, 0.1) is 11.4 Å². The Morgan fingerprint density at radius 2 is 1.73 bits per heavy atom. The van der Waals surface area contributed by atoms with Gasteiger partial charge in [-0.05, 0) is 43.7 Å². The Labute approximate surface area is 180 Å². The molecule has 3 rings (SSSR count). The van der Waals surface area contributed by atoms with Crippen molar-refractivity contribution in [1.29, 1.82) is 0 Å². The molecule has 0 bridgehead atoms. The van der Waals surface area contributed by atoms with Crippen LogP contribution in [0.4, 0.5) is 5.69 Å². The van der Waals surface area contributed by atoms with Crippen LogP contribution in [0.5, 0.6) is 0 Å². The van der Waals surface area contributed by atoms with Gasteiger partial charge < -0.3 is 20.6 Å². The molecule has 0 amide bonds. The summed E-state index contributed by atoms with van der Waals surface area (Å²) in [5.41, 5.74) is 4.66. The standard InChI is InChI=1S/C23H35N5O2/c1-19-5-8-22-21(18-19)7-6-20(2)28(22)27-16-11-24-9-14-26(13-3-4-23(29)30)15-10-25-12-17-27/h5-8,18,24-25H,2-4,9-17H2,1H3,(H,29,30). The minimum atomic E-state index is -0.716. The van der Waals surface area contributed by atoms with E-state index >= 15 is 0 Å². The molecule has 0 aromatic heterocycles. The number of aliphatic carboxylic acids is 1. The monoisotopic (exact) mass is 413 g/mol. The number of hydrazine groups is 1. The molecule has 2 aliphatic heterocycles. The van der Waals surface area contributed by atoms with E-state index in [1.165, 1.54) is 16.8 Å². The van der Waals surface area contributed by atoms with E-state index in [1.54, 1.807) is 0 Å². The van der Waals surface area contributed by atoms with Crippen molar-refractivity contribution in [1.82, 2.24) is 20.5 Å². The van der Waals surface area contributed by atoms with Crippen molar-refractivity contribution in [3.63, 3.8) is 0 Å². The third kappa shape index (κ3) is 6.40. The quantitative estimate of drug-likeness (QED) is 0.681. The maximum atomic E-state index is 10.8. The molecule has 164 valence electrons. The Morgan fingerprint density at radius 1 is 1.07 bits per heavy atom. The van der Waals surface area contributed by atoms with Crippen LogP contribution in [0.1, 0.15) is 24.0 Å². The summed E-state index contributed by atoms with van der Waals surface area (Å²) < 4.78 is 0. The summed E-state index contributed by atoms with van der Waals surface area (Å²) in [7, 11) is 0. The molecule has 7 heteroatoms. The third-order valence-corrected chi connectivity index (χ3v) is 5.59. The molecule has 2 aliphatic rings. The minimum absolute atomic E-state index is 0.238. The molecule has 0 radical (unpaired) electrons. The highest BCUT2D eigenvalue weighted by molar-refractivity contribution is 5.76. The molecule has 7 nitrogen and oxygen atoms in total. The van der Waals surface area contributed by atoms with Crippen LogP contribution in [0.2, 0.25) is 0 Å². The zero-order valence-electron chi connectivity index (χ0n) is 18.1. The first-order valence-electron chi connectivity index (χ1n) is 10.9. The van der Waals surface area contributed by atoms with Gasteiger partial charge in [-0.25, -0.2) is 5.01 Å². The fraction of sp³-hybridized carbons (Fsp3) is 0.522. The van der Waals surface area contributed by atoms with Crippen LogP contribution in [0.15, 0.2) is 36.6 Å². The number of nitrogens with zero attached hydrogens (tertiary/aromatic N) is 3. The van der Waals surface area contributed by atoms with E-state index in [1.807, 2.05) is 0 Å². The van der Waals surface area contributed by atoms with Gasteiger partial charge in [0.25, 0.3) is 0 Å². The molecule has 2 heterocycles. The van der Waals surface area contributed by atoms with Crippen LogP contribution in [0.25, 0.3) is 6.08 Å². The number of anilines is 1. The van der Waals surface area contributed by atoms with Crippen LogP contribution in [0, 0.1) is 6.92 Å². The number of benzene rings is 1. The van der Waals surface area contributed by atoms with Gasteiger partial charge in [0, 0.05) is 58.8 Å². The number of carbonyl (C=O) groups is 1. The molecule has 1 aromatic rings. The van der Waals surface area contributed by atoms with Crippen molar-refractivity contribution < 1.29 is 9.90 Å². The topological polar surface area (TPSA) is 71.1 Å². The van der Waals surface area contributed by atoms with E-state index in [0.717, 1.165) is 64.6 Å². The number of carboxylic acids is 1. The Kier molecular flexibility index (Phi) is 8.45. The van der Waals surface area contributed by atoms with Crippen LogP contribution in [-0.4, -0.2) is 79.9 Å². The zero-order valence-corrected chi connectivity index (χ0v) is 18.1. The highest BCUT2D eigenvalue weighted by Crippen LogP contribution is 2.32. The van der Waals surface area contributed by atoms with Crippen molar-refractivity contribution in [2.45, 2.75) is 19.8 Å². The summed E-state index contributed by atoms with van der Waals surface area (Å²) >= 11 is 0. The predicted molar refractivity (Wildman–Crippen MR) is 122 cm³/mol. The number of hydrogen-bond donors (Lipinski definition) is 3. The largest absolute Gasteiger partial charge is 0.481 e. The van der Waals surface area contributed by atoms with Gasteiger partial charge in [-0.2, -0.15) is 0 Å². The number of fused-ring (bicyclic) bond motifs is 1. The van der Waals surface area contributed by atoms with Crippen LogP contribution >= 0.6 is 0 Å². The molecule has 0 saturated carbocycles. The van der Waals surface area contributed by atoms with Crippen LogP contribution in [-0.2, 0) is 4.79 Å². The lowest BCUT2D eigenvalue weighted by molar-refractivity contribution is -0.137. The number of allylic oxidation sites excluding steroid dienone is 1.